The number of nitrogens with one attached hydrogen (secondary N) is 1. The fraction of sp³-hybridized carbons (Fsp3) is 0.778. The van der Waals surface area contributed by atoms with Crippen molar-refractivity contribution < 1.29 is 0 Å². The minimum atomic E-state index is 0.709. The van der Waals surface area contributed by atoms with Crippen LogP contribution in [-0.2, 0) is 0 Å². The molecule has 0 radical (unpaired) electrons. The molecule has 1 N–H and O–H groups in total. The minimum Gasteiger partial charge on any atom is -0.306 e. The molecule has 0 aromatic heterocycles. The quantitative estimate of drug-likeness (QED) is 0.458. The van der Waals surface area contributed by atoms with Crippen LogP contribution in [0.1, 0.15) is 6.42 Å². The fourth-order valence-electron chi connectivity index (χ4n) is 1.54. The van der Waals surface area contributed by atoms with E-state index in [1.54, 1.807) is 0 Å². The van der Waals surface area contributed by atoms with Crippen LogP contribution in [0.3, 0.4) is 0 Å². The second-order valence-electron chi connectivity index (χ2n) is 3.25. The van der Waals surface area contributed by atoms with Crippen molar-refractivity contribution in [3.63, 3.8) is 0 Å². The molecule has 0 aromatic rings. The van der Waals surface area contributed by atoms with Crippen LogP contribution >= 0.6 is 0 Å². The van der Waals surface area contributed by atoms with Crippen molar-refractivity contribution in [1.29, 1.82) is 0 Å². The summed E-state index contributed by atoms with van der Waals surface area (Å²) in [7, 11) is 2.17. The van der Waals surface area contributed by atoms with E-state index in [-0.39, 0.29) is 0 Å². The van der Waals surface area contributed by atoms with Crippen LogP contribution in [0.15, 0.2) is 0 Å². The van der Waals surface area contributed by atoms with Gasteiger partial charge in [0.05, 0.1) is 6.54 Å². The van der Waals surface area contributed by atoms with E-state index in [0.29, 0.717) is 6.54 Å². The van der Waals surface area contributed by atoms with E-state index in [0.717, 1.165) is 12.5 Å². The van der Waals surface area contributed by atoms with Crippen LogP contribution in [0.25, 0.3) is 0 Å². The van der Waals surface area contributed by atoms with Gasteiger partial charge >= 0.3 is 0 Å². The lowest BCUT2D eigenvalue weighted by Crippen LogP contribution is -2.25. The smallest absolute Gasteiger partial charge is 0.0573 e. The Bertz CT molecular complexity index is 148. The third kappa shape index (κ3) is 2.92. The Balaban J connectivity index is 2.05. The van der Waals surface area contributed by atoms with Gasteiger partial charge in [0.1, 0.15) is 0 Å². The molecule has 0 aliphatic carbocycles. The second kappa shape index (κ2) is 4.38. The van der Waals surface area contributed by atoms with Crippen LogP contribution in [0.4, 0.5) is 0 Å². The lowest BCUT2D eigenvalue weighted by Gasteiger charge is -2.09. The van der Waals surface area contributed by atoms with Gasteiger partial charge in [-0.1, -0.05) is 5.92 Å². The molecule has 0 spiro atoms. The number of rotatable bonds is 3. The Hall–Kier alpha value is -0.520. The molecular formula is C9H16N2. The van der Waals surface area contributed by atoms with Crippen molar-refractivity contribution in [1.82, 2.24) is 10.2 Å². The Morgan fingerprint density at radius 2 is 2.55 bits per heavy atom. The average Bonchev–Trinajstić information content (AvgIpc) is 2.37. The number of likely N-dealkylation sites (tertiary alicyclic amines) is 1. The highest BCUT2D eigenvalue weighted by Crippen LogP contribution is 2.12. The molecule has 1 heterocycles. The van der Waals surface area contributed by atoms with Crippen molar-refractivity contribution in [2.45, 2.75) is 6.42 Å². The number of hydrogen-bond acceptors (Lipinski definition) is 2. The van der Waals surface area contributed by atoms with Gasteiger partial charge in [0.2, 0.25) is 0 Å². The van der Waals surface area contributed by atoms with Crippen molar-refractivity contribution in [2.75, 3.05) is 33.2 Å². The second-order valence-corrected chi connectivity index (χ2v) is 3.25. The molecule has 11 heavy (non-hydrogen) atoms. The highest BCUT2D eigenvalue weighted by molar-refractivity contribution is 4.87. The van der Waals surface area contributed by atoms with Crippen LogP contribution in [-0.4, -0.2) is 38.1 Å². The molecule has 0 amide bonds. The Labute approximate surface area is 69.0 Å². The monoisotopic (exact) mass is 152 g/mol. The summed E-state index contributed by atoms with van der Waals surface area (Å²) in [5.41, 5.74) is 0. The van der Waals surface area contributed by atoms with E-state index < -0.39 is 0 Å². The van der Waals surface area contributed by atoms with Gasteiger partial charge in [0, 0.05) is 13.1 Å². The van der Waals surface area contributed by atoms with Crippen molar-refractivity contribution >= 4 is 0 Å². The molecule has 1 rings (SSSR count). The summed E-state index contributed by atoms with van der Waals surface area (Å²) in [5.74, 6) is 3.39. The first kappa shape index (κ1) is 8.58. The minimum absolute atomic E-state index is 0.709. The van der Waals surface area contributed by atoms with Gasteiger partial charge in [-0.05, 0) is 25.9 Å². The summed E-state index contributed by atoms with van der Waals surface area (Å²) < 4.78 is 0. The molecule has 0 bridgehead atoms. The third-order valence-corrected chi connectivity index (χ3v) is 2.15. The first-order valence-corrected chi connectivity index (χ1v) is 4.15. The zero-order valence-electron chi connectivity index (χ0n) is 7.14. The standard InChI is InChI=1S/C9H16N2/c1-3-5-10-7-9-4-6-11(2)8-9/h1,9-10H,4-8H2,2H3. The first-order chi connectivity index (χ1) is 5.33. The van der Waals surface area contributed by atoms with E-state index in [1.807, 2.05) is 0 Å². The van der Waals surface area contributed by atoms with E-state index >= 15 is 0 Å². The van der Waals surface area contributed by atoms with Gasteiger partial charge in [-0.3, -0.25) is 0 Å². The molecule has 0 saturated carbocycles. The largest absolute Gasteiger partial charge is 0.306 e. The Morgan fingerprint density at radius 3 is 3.09 bits per heavy atom. The first-order valence-electron chi connectivity index (χ1n) is 4.15. The molecule has 1 fully saturated rings. The Morgan fingerprint density at radius 1 is 1.73 bits per heavy atom. The molecular weight excluding hydrogens is 136 g/mol. The van der Waals surface area contributed by atoms with E-state index in [4.69, 9.17) is 6.42 Å². The van der Waals surface area contributed by atoms with Gasteiger partial charge in [-0.15, -0.1) is 6.42 Å². The molecule has 62 valence electrons. The van der Waals surface area contributed by atoms with Gasteiger partial charge in [0.15, 0.2) is 0 Å². The maximum atomic E-state index is 5.12. The zero-order chi connectivity index (χ0) is 8.10. The number of hydrogen-bond donors (Lipinski definition) is 1. The predicted octanol–water partition coefficient (Wildman–Crippen LogP) is 0.161. The molecule has 1 aliphatic heterocycles. The molecule has 2 nitrogen and oxygen atoms in total. The molecule has 0 aromatic carbocycles. The fourth-order valence-corrected chi connectivity index (χ4v) is 1.54. The van der Waals surface area contributed by atoms with Gasteiger partial charge < -0.3 is 10.2 Å². The molecule has 1 unspecified atom stereocenters. The zero-order valence-corrected chi connectivity index (χ0v) is 7.14. The topological polar surface area (TPSA) is 15.3 Å². The Kier molecular flexibility index (Phi) is 3.41. The third-order valence-electron chi connectivity index (χ3n) is 2.15. The lowest BCUT2D eigenvalue weighted by atomic mass is 10.1. The number of nitrogens with zero attached hydrogens (tertiary/aromatic N) is 1. The van der Waals surface area contributed by atoms with Gasteiger partial charge in [-0.2, -0.15) is 0 Å². The summed E-state index contributed by atoms with van der Waals surface area (Å²) in [6.45, 7) is 4.24. The average molecular weight is 152 g/mol. The number of terminal acetylenes is 1. The van der Waals surface area contributed by atoms with Crippen LogP contribution in [0.5, 0.6) is 0 Å². The van der Waals surface area contributed by atoms with E-state index in [2.05, 4.69) is 23.2 Å². The van der Waals surface area contributed by atoms with E-state index in [9.17, 15) is 0 Å². The normalized spacial score (nSPS) is 25.3. The van der Waals surface area contributed by atoms with Crippen molar-refractivity contribution in [3.8, 4) is 12.3 Å². The molecule has 1 atom stereocenters. The summed E-state index contributed by atoms with van der Waals surface area (Å²) in [6, 6.07) is 0. The summed E-state index contributed by atoms with van der Waals surface area (Å²) in [6.07, 6.45) is 6.43. The van der Waals surface area contributed by atoms with Crippen LogP contribution in [0.2, 0.25) is 0 Å². The summed E-state index contributed by atoms with van der Waals surface area (Å²) in [5, 5.41) is 3.23. The maximum absolute atomic E-state index is 5.12. The highest BCUT2D eigenvalue weighted by atomic mass is 15.1. The maximum Gasteiger partial charge on any atom is 0.0573 e. The van der Waals surface area contributed by atoms with Gasteiger partial charge in [0.25, 0.3) is 0 Å². The summed E-state index contributed by atoms with van der Waals surface area (Å²) in [4.78, 5) is 2.36. The van der Waals surface area contributed by atoms with Crippen molar-refractivity contribution in [2.24, 2.45) is 5.92 Å². The van der Waals surface area contributed by atoms with Crippen LogP contribution < -0.4 is 5.32 Å². The summed E-state index contributed by atoms with van der Waals surface area (Å²) >= 11 is 0. The van der Waals surface area contributed by atoms with Gasteiger partial charge in [-0.25, -0.2) is 0 Å². The molecule has 2 heteroatoms. The van der Waals surface area contributed by atoms with Crippen molar-refractivity contribution in [3.05, 3.63) is 0 Å². The molecule has 1 aliphatic rings. The van der Waals surface area contributed by atoms with E-state index in [1.165, 1.54) is 19.5 Å². The van der Waals surface area contributed by atoms with Crippen LogP contribution in [0, 0.1) is 18.3 Å². The lowest BCUT2D eigenvalue weighted by molar-refractivity contribution is 0.390. The highest BCUT2D eigenvalue weighted by Gasteiger charge is 2.18. The molecule has 1 saturated heterocycles. The predicted molar refractivity (Wildman–Crippen MR) is 47.3 cm³/mol. The SMILES string of the molecule is C#CCNCC1CCN(C)C1.